The number of rotatable bonds is 4. The molecule has 1 unspecified atom stereocenters. The van der Waals surface area contributed by atoms with E-state index in [0.29, 0.717) is 22.5 Å². The van der Waals surface area contributed by atoms with Crippen molar-refractivity contribution < 1.29 is 14.4 Å². The minimum atomic E-state index is -0.0883. The lowest BCUT2D eigenvalue weighted by atomic mass is 10.2. The SMILES string of the molecule is COC(c1noc(-c2sccc2O)n1)C1CC1. The van der Waals surface area contributed by atoms with Gasteiger partial charge in [0.1, 0.15) is 16.7 Å². The zero-order valence-corrected chi connectivity index (χ0v) is 10.1. The van der Waals surface area contributed by atoms with Gasteiger partial charge in [-0.15, -0.1) is 11.3 Å². The van der Waals surface area contributed by atoms with E-state index in [1.807, 2.05) is 0 Å². The molecule has 1 fully saturated rings. The predicted molar refractivity (Wildman–Crippen MR) is 61.7 cm³/mol. The van der Waals surface area contributed by atoms with Gasteiger partial charge < -0.3 is 14.4 Å². The van der Waals surface area contributed by atoms with Crippen molar-refractivity contribution in [1.29, 1.82) is 0 Å². The molecular weight excluding hydrogens is 240 g/mol. The number of thiophene rings is 1. The molecule has 0 amide bonds. The second-order valence-corrected chi connectivity index (χ2v) is 5.00. The molecule has 0 aliphatic heterocycles. The van der Waals surface area contributed by atoms with E-state index in [9.17, 15) is 5.11 Å². The summed E-state index contributed by atoms with van der Waals surface area (Å²) >= 11 is 1.37. The zero-order valence-electron chi connectivity index (χ0n) is 9.29. The van der Waals surface area contributed by atoms with Crippen molar-refractivity contribution in [2.75, 3.05) is 7.11 Å². The van der Waals surface area contributed by atoms with Crippen molar-refractivity contribution in [3.05, 3.63) is 17.3 Å². The monoisotopic (exact) mass is 252 g/mol. The first-order chi connectivity index (χ1) is 8.29. The molecule has 6 heteroatoms. The van der Waals surface area contributed by atoms with Crippen molar-refractivity contribution in [2.45, 2.75) is 18.9 Å². The maximum absolute atomic E-state index is 9.58. The van der Waals surface area contributed by atoms with Crippen LogP contribution in [0.1, 0.15) is 24.8 Å². The Morgan fingerprint density at radius 3 is 3.00 bits per heavy atom. The Kier molecular flexibility index (Phi) is 2.60. The second-order valence-electron chi connectivity index (χ2n) is 4.09. The molecular formula is C11H12N2O3S. The highest BCUT2D eigenvalue weighted by molar-refractivity contribution is 7.13. The fourth-order valence-electron chi connectivity index (χ4n) is 1.81. The van der Waals surface area contributed by atoms with Crippen LogP contribution in [0, 0.1) is 5.92 Å². The summed E-state index contributed by atoms with van der Waals surface area (Å²) in [7, 11) is 1.65. The first kappa shape index (κ1) is 10.7. The van der Waals surface area contributed by atoms with Gasteiger partial charge in [0.05, 0.1) is 0 Å². The summed E-state index contributed by atoms with van der Waals surface area (Å²) in [4.78, 5) is 4.90. The summed E-state index contributed by atoms with van der Waals surface area (Å²) in [5, 5.41) is 15.3. The predicted octanol–water partition coefficient (Wildman–Crippen LogP) is 2.60. The van der Waals surface area contributed by atoms with Crippen LogP contribution >= 0.6 is 11.3 Å². The molecule has 2 aromatic heterocycles. The fraction of sp³-hybridized carbons (Fsp3) is 0.455. The van der Waals surface area contributed by atoms with E-state index in [1.54, 1.807) is 18.6 Å². The Balaban J connectivity index is 1.89. The summed E-state index contributed by atoms with van der Waals surface area (Å²) in [6.45, 7) is 0. The molecule has 1 N–H and O–H groups in total. The molecule has 2 heterocycles. The molecule has 0 saturated heterocycles. The quantitative estimate of drug-likeness (QED) is 0.905. The third-order valence-electron chi connectivity index (χ3n) is 2.84. The number of ether oxygens (including phenoxy) is 1. The van der Waals surface area contributed by atoms with Gasteiger partial charge in [-0.05, 0) is 30.2 Å². The van der Waals surface area contributed by atoms with E-state index in [2.05, 4.69) is 10.1 Å². The number of hydrogen-bond donors (Lipinski definition) is 1. The average Bonchev–Trinajstić information content (AvgIpc) is 2.87. The lowest BCUT2D eigenvalue weighted by Gasteiger charge is -2.07. The molecule has 90 valence electrons. The molecule has 17 heavy (non-hydrogen) atoms. The molecule has 0 bridgehead atoms. The van der Waals surface area contributed by atoms with E-state index >= 15 is 0 Å². The van der Waals surface area contributed by atoms with Gasteiger partial charge in [-0.3, -0.25) is 0 Å². The van der Waals surface area contributed by atoms with Gasteiger partial charge in [-0.2, -0.15) is 4.98 Å². The number of hydrogen-bond acceptors (Lipinski definition) is 6. The van der Waals surface area contributed by atoms with Crippen molar-refractivity contribution in [3.8, 4) is 16.5 Å². The smallest absolute Gasteiger partial charge is 0.271 e. The normalized spacial score (nSPS) is 17.2. The van der Waals surface area contributed by atoms with Crippen LogP contribution in [0.15, 0.2) is 16.0 Å². The molecule has 3 rings (SSSR count). The Hall–Kier alpha value is -1.40. The van der Waals surface area contributed by atoms with Crippen molar-refractivity contribution in [2.24, 2.45) is 5.92 Å². The maximum Gasteiger partial charge on any atom is 0.271 e. The highest BCUT2D eigenvalue weighted by Crippen LogP contribution is 2.42. The third-order valence-corrected chi connectivity index (χ3v) is 3.73. The summed E-state index contributed by atoms with van der Waals surface area (Å²) in [6, 6.07) is 1.61. The number of aromatic hydroxyl groups is 1. The van der Waals surface area contributed by atoms with Crippen molar-refractivity contribution >= 4 is 11.3 Å². The van der Waals surface area contributed by atoms with E-state index in [-0.39, 0.29) is 11.9 Å². The molecule has 0 radical (unpaired) electrons. The third kappa shape index (κ3) is 1.94. The van der Waals surface area contributed by atoms with Gasteiger partial charge in [-0.25, -0.2) is 0 Å². The summed E-state index contributed by atoms with van der Waals surface area (Å²) < 4.78 is 10.5. The Labute approximate surface area is 102 Å². The first-order valence-electron chi connectivity index (χ1n) is 5.43. The maximum atomic E-state index is 9.58. The standard InChI is InChI=1S/C11H12N2O3S/c1-15-8(6-2-3-6)10-12-11(16-13-10)9-7(14)4-5-17-9/h4-6,8,14H,2-3H2,1H3. The molecule has 2 aromatic rings. The lowest BCUT2D eigenvalue weighted by Crippen LogP contribution is -2.05. The number of methoxy groups -OCH3 is 1. The van der Waals surface area contributed by atoms with Gasteiger partial charge in [0.25, 0.3) is 5.89 Å². The molecule has 0 spiro atoms. The summed E-state index contributed by atoms with van der Waals surface area (Å²) in [5.74, 6) is 1.60. The van der Waals surface area contributed by atoms with Crippen LogP contribution < -0.4 is 0 Å². The summed E-state index contributed by atoms with van der Waals surface area (Å²) in [6.07, 6.45) is 2.20. The Morgan fingerprint density at radius 1 is 1.59 bits per heavy atom. The van der Waals surface area contributed by atoms with Crippen LogP contribution in [0.2, 0.25) is 0 Å². The van der Waals surface area contributed by atoms with Crippen molar-refractivity contribution in [3.63, 3.8) is 0 Å². The van der Waals surface area contributed by atoms with Crippen LogP contribution in [-0.4, -0.2) is 22.4 Å². The minimum absolute atomic E-state index is 0.0883. The van der Waals surface area contributed by atoms with Gasteiger partial charge in [0.15, 0.2) is 0 Å². The molecule has 1 atom stereocenters. The summed E-state index contributed by atoms with van der Waals surface area (Å²) in [5.41, 5.74) is 0. The Morgan fingerprint density at radius 2 is 2.41 bits per heavy atom. The van der Waals surface area contributed by atoms with Gasteiger partial charge in [0, 0.05) is 7.11 Å². The van der Waals surface area contributed by atoms with E-state index in [4.69, 9.17) is 9.26 Å². The van der Waals surface area contributed by atoms with Gasteiger partial charge in [-0.1, -0.05) is 5.16 Å². The largest absolute Gasteiger partial charge is 0.506 e. The van der Waals surface area contributed by atoms with Crippen LogP contribution in [-0.2, 0) is 4.74 Å². The molecule has 0 aromatic carbocycles. The molecule has 1 saturated carbocycles. The zero-order chi connectivity index (χ0) is 11.8. The molecule has 5 nitrogen and oxygen atoms in total. The highest BCUT2D eigenvalue weighted by atomic mass is 32.1. The van der Waals surface area contributed by atoms with Crippen LogP contribution in [0.5, 0.6) is 5.75 Å². The topological polar surface area (TPSA) is 68.4 Å². The minimum Gasteiger partial charge on any atom is -0.506 e. The second kappa shape index (κ2) is 4.12. The highest BCUT2D eigenvalue weighted by Gasteiger charge is 2.35. The molecule has 1 aliphatic rings. The Bertz CT molecular complexity index is 518. The van der Waals surface area contributed by atoms with E-state index in [1.165, 1.54) is 11.3 Å². The lowest BCUT2D eigenvalue weighted by molar-refractivity contribution is 0.0751. The van der Waals surface area contributed by atoms with Crippen molar-refractivity contribution in [1.82, 2.24) is 10.1 Å². The average molecular weight is 252 g/mol. The van der Waals surface area contributed by atoms with Gasteiger partial charge in [0.2, 0.25) is 5.82 Å². The van der Waals surface area contributed by atoms with Crippen LogP contribution in [0.25, 0.3) is 10.8 Å². The van der Waals surface area contributed by atoms with E-state index < -0.39 is 0 Å². The number of aromatic nitrogens is 2. The van der Waals surface area contributed by atoms with E-state index in [0.717, 1.165) is 12.8 Å². The first-order valence-corrected chi connectivity index (χ1v) is 6.31. The molecule has 1 aliphatic carbocycles. The van der Waals surface area contributed by atoms with Gasteiger partial charge >= 0.3 is 0 Å². The van der Waals surface area contributed by atoms with Crippen LogP contribution in [0.4, 0.5) is 0 Å². The fourth-order valence-corrected chi connectivity index (χ4v) is 2.52. The number of nitrogens with zero attached hydrogens (tertiary/aromatic N) is 2. The van der Waals surface area contributed by atoms with Crippen LogP contribution in [0.3, 0.4) is 0 Å².